The molecule has 0 unspecified atom stereocenters. The van der Waals surface area contributed by atoms with Crippen LogP contribution in [-0.4, -0.2) is 26.5 Å². The summed E-state index contributed by atoms with van der Waals surface area (Å²) in [5, 5.41) is -0.118. The minimum Gasteiger partial charge on any atom is -0.419 e. The Balaban J connectivity index is 1.86. The van der Waals surface area contributed by atoms with Gasteiger partial charge in [-0.25, -0.2) is 12.8 Å². The summed E-state index contributed by atoms with van der Waals surface area (Å²) in [6.45, 7) is 3.38. The molecule has 2 aromatic carbocycles. The molecule has 4 rings (SSSR count). The minimum absolute atomic E-state index is 0.00607. The number of nitrogens with zero attached hydrogens (tertiary/aromatic N) is 2. The first-order chi connectivity index (χ1) is 12.9. The van der Waals surface area contributed by atoms with E-state index in [0.717, 1.165) is 36.1 Å². The summed E-state index contributed by atoms with van der Waals surface area (Å²) in [4.78, 5) is 6.25. The van der Waals surface area contributed by atoms with Crippen LogP contribution in [0, 0.1) is 12.7 Å². The summed E-state index contributed by atoms with van der Waals surface area (Å²) in [7, 11) is -3.93. The zero-order chi connectivity index (χ0) is 19.0. The van der Waals surface area contributed by atoms with Crippen molar-refractivity contribution in [2.45, 2.75) is 29.7 Å². The SMILES string of the molecule is Cc1cccc(-c2nc(S(=O)(=O)c3ccc(F)cc3)c(N3CCCC3)o2)c1. The van der Waals surface area contributed by atoms with E-state index in [9.17, 15) is 12.8 Å². The first-order valence-corrected chi connectivity index (χ1v) is 10.3. The van der Waals surface area contributed by atoms with Crippen molar-refractivity contribution in [2.75, 3.05) is 18.0 Å². The van der Waals surface area contributed by atoms with Crippen molar-refractivity contribution in [1.29, 1.82) is 0 Å². The molecule has 1 saturated heterocycles. The molecular formula is C20H19FN2O3S. The summed E-state index contributed by atoms with van der Waals surface area (Å²) in [5.41, 5.74) is 1.74. The van der Waals surface area contributed by atoms with Gasteiger partial charge < -0.3 is 9.32 Å². The van der Waals surface area contributed by atoms with Gasteiger partial charge in [0, 0.05) is 18.7 Å². The molecule has 7 heteroatoms. The zero-order valence-electron chi connectivity index (χ0n) is 14.9. The smallest absolute Gasteiger partial charge is 0.236 e. The second-order valence-electron chi connectivity index (χ2n) is 6.65. The van der Waals surface area contributed by atoms with E-state index in [1.165, 1.54) is 12.1 Å². The molecule has 140 valence electrons. The van der Waals surface area contributed by atoms with Crippen LogP contribution in [0.4, 0.5) is 10.3 Å². The van der Waals surface area contributed by atoms with Crippen LogP contribution in [-0.2, 0) is 9.84 Å². The van der Waals surface area contributed by atoms with E-state index in [1.807, 2.05) is 36.1 Å². The average Bonchev–Trinajstić information content (AvgIpc) is 3.32. The average molecular weight is 386 g/mol. The van der Waals surface area contributed by atoms with Gasteiger partial charge >= 0.3 is 0 Å². The number of oxazole rings is 1. The third kappa shape index (κ3) is 3.35. The molecular weight excluding hydrogens is 367 g/mol. The number of aryl methyl sites for hydroxylation is 1. The summed E-state index contributed by atoms with van der Waals surface area (Å²) in [5.74, 6) is 0.0314. The lowest BCUT2D eigenvalue weighted by atomic mass is 10.1. The van der Waals surface area contributed by atoms with E-state index < -0.39 is 15.7 Å². The van der Waals surface area contributed by atoms with Gasteiger partial charge in [0.05, 0.1) is 4.90 Å². The molecule has 0 bridgehead atoms. The van der Waals surface area contributed by atoms with Crippen molar-refractivity contribution in [3.63, 3.8) is 0 Å². The summed E-state index contributed by atoms with van der Waals surface area (Å²) in [6, 6.07) is 12.3. The lowest BCUT2D eigenvalue weighted by Gasteiger charge is -2.14. The molecule has 2 heterocycles. The molecule has 0 atom stereocenters. The fraction of sp³-hybridized carbons (Fsp3) is 0.250. The molecule has 0 spiro atoms. The minimum atomic E-state index is -3.93. The van der Waals surface area contributed by atoms with Crippen molar-refractivity contribution in [1.82, 2.24) is 4.98 Å². The summed E-state index contributed by atoms with van der Waals surface area (Å²) < 4.78 is 45.5. The Morgan fingerprint density at radius 2 is 1.78 bits per heavy atom. The first kappa shape index (κ1) is 17.7. The van der Waals surface area contributed by atoms with Gasteiger partial charge in [-0.15, -0.1) is 0 Å². The lowest BCUT2D eigenvalue weighted by Crippen LogP contribution is -2.19. The molecule has 1 aliphatic heterocycles. The number of benzene rings is 2. The van der Waals surface area contributed by atoms with E-state index in [4.69, 9.17) is 4.42 Å². The molecule has 1 aromatic heterocycles. The maximum atomic E-state index is 13.2. The van der Waals surface area contributed by atoms with Crippen LogP contribution in [0.15, 0.2) is 62.9 Å². The van der Waals surface area contributed by atoms with Crippen molar-refractivity contribution in [2.24, 2.45) is 0 Å². The van der Waals surface area contributed by atoms with Gasteiger partial charge in [0.2, 0.25) is 26.6 Å². The fourth-order valence-electron chi connectivity index (χ4n) is 3.22. The molecule has 0 amide bonds. The summed E-state index contributed by atoms with van der Waals surface area (Å²) >= 11 is 0. The Hall–Kier alpha value is -2.67. The van der Waals surface area contributed by atoms with Crippen molar-refractivity contribution >= 4 is 15.7 Å². The number of hydrogen-bond donors (Lipinski definition) is 0. The van der Waals surface area contributed by atoms with Crippen molar-refractivity contribution in [3.05, 3.63) is 59.9 Å². The topological polar surface area (TPSA) is 63.4 Å². The van der Waals surface area contributed by atoms with Gasteiger partial charge in [-0.1, -0.05) is 17.7 Å². The number of rotatable bonds is 4. The van der Waals surface area contributed by atoms with Gasteiger partial charge in [-0.05, 0) is 56.2 Å². The highest BCUT2D eigenvalue weighted by Gasteiger charge is 2.32. The van der Waals surface area contributed by atoms with E-state index in [0.29, 0.717) is 13.1 Å². The number of sulfone groups is 1. The van der Waals surface area contributed by atoms with Crippen LogP contribution >= 0.6 is 0 Å². The van der Waals surface area contributed by atoms with Crippen LogP contribution in [0.3, 0.4) is 0 Å². The van der Waals surface area contributed by atoms with Gasteiger partial charge in [0.25, 0.3) is 0 Å². The Morgan fingerprint density at radius 1 is 1.07 bits per heavy atom. The second-order valence-corrected chi connectivity index (χ2v) is 8.52. The highest BCUT2D eigenvalue weighted by Crippen LogP contribution is 2.36. The molecule has 0 saturated carbocycles. The molecule has 27 heavy (non-hydrogen) atoms. The van der Waals surface area contributed by atoms with Crippen molar-refractivity contribution in [3.8, 4) is 11.5 Å². The van der Waals surface area contributed by atoms with Crippen LogP contribution in [0.5, 0.6) is 0 Å². The molecule has 0 aliphatic carbocycles. The van der Waals surface area contributed by atoms with Crippen LogP contribution in [0.25, 0.3) is 11.5 Å². The standard InChI is InChI=1S/C20H19FN2O3S/c1-14-5-4-6-15(13-14)18-22-19(20(26-18)23-11-2-3-12-23)27(24,25)17-9-7-16(21)8-10-17/h4-10,13H,2-3,11-12H2,1H3. The molecule has 3 aromatic rings. The zero-order valence-corrected chi connectivity index (χ0v) is 15.7. The molecule has 0 radical (unpaired) electrons. The van der Waals surface area contributed by atoms with Gasteiger partial charge in [0.15, 0.2) is 0 Å². The number of hydrogen-bond acceptors (Lipinski definition) is 5. The first-order valence-electron chi connectivity index (χ1n) is 8.78. The van der Waals surface area contributed by atoms with Gasteiger partial charge in [-0.3, -0.25) is 0 Å². The molecule has 1 fully saturated rings. The Labute approximate surface area is 157 Å². The predicted molar refractivity (Wildman–Crippen MR) is 100.0 cm³/mol. The fourth-order valence-corrected chi connectivity index (χ4v) is 4.54. The van der Waals surface area contributed by atoms with Crippen LogP contribution in [0.1, 0.15) is 18.4 Å². The van der Waals surface area contributed by atoms with E-state index in [-0.39, 0.29) is 21.7 Å². The maximum Gasteiger partial charge on any atom is 0.236 e. The van der Waals surface area contributed by atoms with E-state index in [2.05, 4.69) is 4.98 Å². The Morgan fingerprint density at radius 3 is 2.44 bits per heavy atom. The Kier molecular flexibility index (Phi) is 4.47. The highest BCUT2D eigenvalue weighted by molar-refractivity contribution is 7.91. The third-order valence-corrected chi connectivity index (χ3v) is 6.28. The third-order valence-electron chi connectivity index (χ3n) is 4.62. The number of aromatic nitrogens is 1. The second kappa shape index (κ2) is 6.81. The van der Waals surface area contributed by atoms with E-state index >= 15 is 0 Å². The lowest BCUT2D eigenvalue weighted by molar-refractivity contribution is 0.556. The van der Waals surface area contributed by atoms with E-state index in [1.54, 1.807) is 0 Å². The maximum absolute atomic E-state index is 13.2. The predicted octanol–water partition coefficient (Wildman–Crippen LogP) is 4.22. The molecule has 5 nitrogen and oxygen atoms in total. The molecule has 0 N–H and O–H groups in total. The Bertz CT molecular complexity index is 1070. The molecule has 1 aliphatic rings. The normalized spacial score (nSPS) is 14.7. The number of halogens is 1. The van der Waals surface area contributed by atoms with Crippen LogP contribution in [0.2, 0.25) is 0 Å². The number of anilines is 1. The van der Waals surface area contributed by atoms with Gasteiger partial charge in [0.1, 0.15) is 5.82 Å². The quantitative estimate of drug-likeness (QED) is 0.628. The monoisotopic (exact) mass is 386 g/mol. The summed E-state index contributed by atoms with van der Waals surface area (Å²) in [6.07, 6.45) is 1.94. The van der Waals surface area contributed by atoms with Crippen molar-refractivity contribution < 1.29 is 17.2 Å². The highest BCUT2D eigenvalue weighted by atomic mass is 32.2. The van der Waals surface area contributed by atoms with Crippen LogP contribution < -0.4 is 4.90 Å². The largest absolute Gasteiger partial charge is 0.419 e. The van der Waals surface area contributed by atoms with Gasteiger partial charge in [-0.2, -0.15) is 4.98 Å².